The molecule has 0 radical (unpaired) electrons. The maximum absolute atomic E-state index is 13.8. The Morgan fingerprint density at radius 3 is 2.34 bits per heavy atom. The molecule has 0 unspecified atom stereocenters. The fourth-order valence-corrected chi connectivity index (χ4v) is 4.48. The van der Waals surface area contributed by atoms with Crippen LogP contribution in [0.25, 0.3) is 34.1 Å². The van der Waals surface area contributed by atoms with Crippen LogP contribution in [0.15, 0.2) is 78.9 Å². The zero-order valence-corrected chi connectivity index (χ0v) is 20.1. The lowest BCUT2D eigenvalue weighted by Crippen LogP contribution is -2.02. The Labute approximate surface area is 204 Å². The first-order valence-electron chi connectivity index (χ1n) is 11.7. The van der Waals surface area contributed by atoms with E-state index < -0.39 is 0 Å². The summed E-state index contributed by atoms with van der Waals surface area (Å²) in [6.45, 7) is 2.96. The summed E-state index contributed by atoms with van der Waals surface area (Å²) >= 11 is 0. The van der Waals surface area contributed by atoms with Crippen LogP contribution in [0.3, 0.4) is 0 Å². The normalized spacial score (nSPS) is 11.5. The average molecular weight is 466 g/mol. The SMILES string of the molecule is CCCn1c2ccccc2n2c(C(=O)/C=C/c3ccc(OC)c(OC)c3)c(-c3ccccc3)nc12. The molecule has 0 aliphatic carbocycles. The Balaban J connectivity index is 1.69. The van der Waals surface area contributed by atoms with Crippen molar-refractivity contribution in [1.82, 2.24) is 14.0 Å². The molecule has 0 bridgehead atoms. The van der Waals surface area contributed by atoms with Gasteiger partial charge >= 0.3 is 0 Å². The summed E-state index contributed by atoms with van der Waals surface area (Å²) in [4.78, 5) is 18.8. The molecule has 0 N–H and O–H groups in total. The lowest BCUT2D eigenvalue weighted by molar-refractivity contribution is 0.104. The first-order valence-corrected chi connectivity index (χ1v) is 11.7. The highest BCUT2D eigenvalue weighted by molar-refractivity contribution is 6.11. The van der Waals surface area contributed by atoms with E-state index in [1.165, 1.54) is 0 Å². The van der Waals surface area contributed by atoms with Crippen LogP contribution in [0.1, 0.15) is 29.4 Å². The molecule has 0 saturated heterocycles. The molecule has 0 amide bonds. The number of hydrogen-bond acceptors (Lipinski definition) is 4. The van der Waals surface area contributed by atoms with Gasteiger partial charge in [0.25, 0.3) is 0 Å². The third-order valence-corrected chi connectivity index (χ3v) is 6.08. The second kappa shape index (κ2) is 9.50. The Kier molecular flexibility index (Phi) is 6.10. The second-order valence-electron chi connectivity index (χ2n) is 8.26. The van der Waals surface area contributed by atoms with Crippen LogP contribution < -0.4 is 9.47 Å². The van der Waals surface area contributed by atoms with Crippen LogP contribution >= 0.6 is 0 Å². The minimum Gasteiger partial charge on any atom is -0.493 e. The molecule has 0 aliphatic heterocycles. The molecule has 0 atom stereocenters. The fourth-order valence-electron chi connectivity index (χ4n) is 4.48. The van der Waals surface area contributed by atoms with Gasteiger partial charge in [-0.2, -0.15) is 0 Å². The number of ketones is 1. The van der Waals surface area contributed by atoms with Crippen molar-refractivity contribution in [2.45, 2.75) is 19.9 Å². The maximum Gasteiger partial charge on any atom is 0.216 e. The van der Waals surface area contributed by atoms with Gasteiger partial charge in [-0.05, 0) is 42.3 Å². The Morgan fingerprint density at radius 1 is 0.914 bits per heavy atom. The van der Waals surface area contributed by atoms with Crippen LogP contribution in [-0.2, 0) is 6.54 Å². The molecule has 3 aromatic carbocycles. The number of fused-ring (bicyclic) bond motifs is 3. The van der Waals surface area contributed by atoms with Gasteiger partial charge in [0.15, 0.2) is 11.5 Å². The van der Waals surface area contributed by atoms with Crippen LogP contribution in [0.5, 0.6) is 11.5 Å². The van der Waals surface area contributed by atoms with Gasteiger partial charge in [-0.1, -0.05) is 61.5 Å². The van der Waals surface area contributed by atoms with Crippen LogP contribution in [0, 0.1) is 0 Å². The van der Waals surface area contributed by atoms with Crippen molar-refractivity contribution in [3.63, 3.8) is 0 Å². The van der Waals surface area contributed by atoms with E-state index in [0.717, 1.165) is 40.9 Å². The van der Waals surface area contributed by atoms with Gasteiger partial charge in [-0.15, -0.1) is 0 Å². The molecular formula is C29H27N3O3. The number of nitrogens with zero attached hydrogens (tertiary/aromatic N) is 3. The van der Waals surface area contributed by atoms with E-state index in [-0.39, 0.29) is 5.78 Å². The van der Waals surface area contributed by atoms with E-state index in [1.807, 2.05) is 71.1 Å². The van der Waals surface area contributed by atoms with Gasteiger partial charge in [0.1, 0.15) is 11.4 Å². The molecule has 0 spiro atoms. The third-order valence-electron chi connectivity index (χ3n) is 6.08. The quantitative estimate of drug-likeness (QED) is 0.200. The van der Waals surface area contributed by atoms with Crippen molar-refractivity contribution in [3.8, 4) is 22.8 Å². The van der Waals surface area contributed by atoms with Crippen molar-refractivity contribution in [3.05, 3.63) is 90.1 Å². The Hall–Kier alpha value is -4.32. The highest BCUT2D eigenvalue weighted by Gasteiger charge is 2.24. The van der Waals surface area contributed by atoms with E-state index in [0.29, 0.717) is 22.9 Å². The summed E-state index contributed by atoms with van der Waals surface area (Å²) in [6.07, 6.45) is 4.36. The van der Waals surface area contributed by atoms with Gasteiger partial charge in [-0.25, -0.2) is 4.98 Å². The number of hydrogen-bond donors (Lipinski definition) is 0. The number of benzene rings is 3. The molecule has 6 nitrogen and oxygen atoms in total. The number of para-hydroxylation sites is 2. The molecule has 35 heavy (non-hydrogen) atoms. The molecule has 5 aromatic rings. The fraction of sp³-hybridized carbons (Fsp3) is 0.172. The van der Waals surface area contributed by atoms with Crippen molar-refractivity contribution in [2.75, 3.05) is 14.2 Å². The molecule has 2 aromatic heterocycles. The van der Waals surface area contributed by atoms with Crippen LogP contribution in [0.2, 0.25) is 0 Å². The highest BCUT2D eigenvalue weighted by atomic mass is 16.5. The summed E-state index contributed by atoms with van der Waals surface area (Å²) in [7, 11) is 3.19. The molecule has 176 valence electrons. The zero-order chi connectivity index (χ0) is 24.4. The zero-order valence-electron chi connectivity index (χ0n) is 20.1. The lowest BCUT2D eigenvalue weighted by Gasteiger charge is -2.07. The van der Waals surface area contributed by atoms with E-state index >= 15 is 0 Å². The second-order valence-corrected chi connectivity index (χ2v) is 8.26. The Morgan fingerprint density at radius 2 is 1.63 bits per heavy atom. The van der Waals surface area contributed by atoms with Crippen molar-refractivity contribution < 1.29 is 14.3 Å². The van der Waals surface area contributed by atoms with Gasteiger partial charge in [0.05, 0.1) is 25.3 Å². The van der Waals surface area contributed by atoms with Crippen molar-refractivity contribution in [1.29, 1.82) is 0 Å². The van der Waals surface area contributed by atoms with Crippen LogP contribution in [0.4, 0.5) is 0 Å². The number of aromatic nitrogens is 3. The maximum atomic E-state index is 13.8. The number of carbonyl (C=O) groups excluding carboxylic acids is 1. The molecule has 6 heteroatoms. The monoisotopic (exact) mass is 465 g/mol. The number of allylic oxidation sites excluding steroid dienone is 1. The average Bonchev–Trinajstić information content (AvgIpc) is 3.44. The molecule has 0 saturated carbocycles. The molecule has 2 heterocycles. The van der Waals surface area contributed by atoms with E-state index in [2.05, 4.69) is 17.6 Å². The first-order chi connectivity index (χ1) is 17.2. The van der Waals surface area contributed by atoms with E-state index in [9.17, 15) is 4.79 Å². The molecular weight excluding hydrogens is 438 g/mol. The van der Waals surface area contributed by atoms with E-state index in [4.69, 9.17) is 14.5 Å². The van der Waals surface area contributed by atoms with Gasteiger partial charge < -0.3 is 14.0 Å². The van der Waals surface area contributed by atoms with Crippen LogP contribution in [-0.4, -0.2) is 34.0 Å². The Bertz CT molecular complexity index is 1540. The van der Waals surface area contributed by atoms with Gasteiger partial charge in [-0.3, -0.25) is 9.20 Å². The summed E-state index contributed by atoms with van der Waals surface area (Å²) in [5.74, 6) is 1.91. The number of methoxy groups -OCH3 is 2. The van der Waals surface area contributed by atoms with Gasteiger partial charge in [0, 0.05) is 12.1 Å². The number of rotatable bonds is 8. The summed E-state index contributed by atoms with van der Waals surface area (Å²) in [6, 6.07) is 23.6. The smallest absolute Gasteiger partial charge is 0.216 e. The minimum absolute atomic E-state index is 0.120. The molecule has 0 fully saturated rings. The first kappa shape index (κ1) is 22.5. The van der Waals surface area contributed by atoms with Crippen molar-refractivity contribution in [2.24, 2.45) is 0 Å². The predicted octanol–water partition coefficient (Wildman–Crippen LogP) is 6.28. The summed E-state index contributed by atoms with van der Waals surface area (Å²) in [5, 5.41) is 0. The highest BCUT2D eigenvalue weighted by Crippen LogP contribution is 2.31. The van der Waals surface area contributed by atoms with E-state index in [1.54, 1.807) is 26.4 Å². The number of imidazole rings is 2. The van der Waals surface area contributed by atoms with Crippen molar-refractivity contribution >= 4 is 28.7 Å². The minimum atomic E-state index is -0.120. The summed E-state index contributed by atoms with van der Waals surface area (Å²) in [5.41, 5.74) is 5.01. The number of aryl methyl sites for hydroxylation is 1. The summed E-state index contributed by atoms with van der Waals surface area (Å²) < 4.78 is 14.9. The standard InChI is InChI=1S/C29H27N3O3/c1-4-18-31-22-12-8-9-13-23(22)32-28(27(30-29(31)32)21-10-6-5-7-11-21)24(33)16-14-20-15-17-25(34-2)26(19-20)35-3/h5-17,19H,4,18H2,1-3H3/b16-14+. The third kappa shape index (κ3) is 3.97. The molecule has 5 rings (SSSR count). The van der Waals surface area contributed by atoms with Gasteiger partial charge in [0.2, 0.25) is 11.6 Å². The topological polar surface area (TPSA) is 57.8 Å². The predicted molar refractivity (Wildman–Crippen MR) is 139 cm³/mol. The largest absolute Gasteiger partial charge is 0.493 e. The number of carbonyl (C=O) groups is 1. The molecule has 0 aliphatic rings. The lowest BCUT2D eigenvalue weighted by atomic mass is 10.1. The number of ether oxygens (including phenoxy) is 2.